The zero-order valence-electron chi connectivity index (χ0n) is 8.98. The van der Waals surface area contributed by atoms with E-state index in [0.29, 0.717) is 0 Å². The van der Waals surface area contributed by atoms with Gasteiger partial charge in [-0.3, -0.25) is 0 Å². The molecule has 0 atom stereocenters. The predicted octanol–water partition coefficient (Wildman–Crippen LogP) is 2.49. The maximum absolute atomic E-state index is 11.9. The van der Waals surface area contributed by atoms with E-state index < -0.39 is 15.8 Å². The van der Waals surface area contributed by atoms with E-state index in [1.807, 2.05) is 0 Å². The number of rotatable bonds is 4. The number of sulfone groups is 1. The summed E-state index contributed by atoms with van der Waals surface area (Å²) in [5.41, 5.74) is -0.358. The van der Waals surface area contributed by atoms with Crippen LogP contribution in [0, 0.1) is 12.3 Å². The molecule has 1 aromatic carbocycles. The molecule has 0 saturated carbocycles. The first-order chi connectivity index (χ1) is 8.29. The Labute approximate surface area is 114 Å². The molecule has 0 spiro atoms. The summed E-state index contributed by atoms with van der Waals surface area (Å²) in [6, 6.07) is 2.20. The molecule has 96 valence electrons. The van der Waals surface area contributed by atoms with Crippen LogP contribution >= 0.6 is 23.2 Å². The molecule has 0 unspecified atom stereocenters. The van der Waals surface area contributed by atoms with Gasteiger partial charge in [-0.05, 0) is 12.1 Å². The van der Waals surface area contributed by atoms with Gasteiger partial charge in [0.25, 0.3) is 0 Å². The van der Waals surface area contributed by atoms with Gasteiger partial charge in [-0.1, -0.05) is 23.2 Å². The monoisotopic (exact) mass is 306 g/mol. The highest BCUT2D eigenvalue weighted by Crippen LogP contribution is 2.30. The molecule has 1 N–H and O–H groups in total. The number of hydrogen-bond acceptors (Lipinski definition) is 3. The number of halogens is 2. The van der Waals surface area contributed by atoms with Crippen molar-refractivity contribution >= 4 is 39.0 Å². The molecule has 0 radical (unpaired) electrons. The van der Waals surface area contributed by atoms with Crippen molar-refractivity contribution in [3.63, 3.8) is 0 Å². The number of carboxylic acid groups (broad SMARTS) is 1. The highest BCUT2D eigenvalue weighted by Gasteiger charge is 2.23. The minimum atomic E-state index is -3.75. The van der Waals surface area contributed by atoms with Crippen molar-refractivity contribution in [1.82, 2.24) is 0 Å². The first-order valence-electron chi connectivity index (χ1n) is 4.68. The molecule has 0 bridgehead atoms. The lowest BCUT2D eigenvalue weighted by atomic mass is 10.2. The molecule has 0 aromatic heterocycles. The van der Waals surface area contributed by atoms with Gasteiger partial charge in [0, 0.05) is 11.4 Å². The molecule has 0 aliphatic heterocycles. The van der Waals surface area contributed by atoms with Crippen LogP contribution in [-0.2, 0) is 9.84 Å². The number of aromatic carboxylic acids is 1. The molecule has 7 heteroatoms. The number of benzene rings is 1. The molecular weight excluding hydrogens is 299 g/mol. The second kappa shape index (κ2) is 5.61. The summed E-state index contributed by atoms with van der Waals surface area (Å²) in [5.74, 6) is 0.526. The van der Waals surface area contributed by atoms with E-state index in [4.69, 9.17) is 34.7 Å². The third kappa shape index (κ3) is 3.16. The summed E-state index contributed by atoms with van der Waals surface area (Å²) in [6.45, 7) is 0. The van der Waals surface area contributed by atoms with Crippen LogP contribution in [0.1, 0.15) is 16.8 Å². The Hall–Kier alpha value is -1.22. The van der Waals surface area contributed by atoms with Gasteiger partial charge in [0.15, 0.2) is 9.84 Å². The zero-order chi connectivity index (χ0) is 13.9. The standard InChI is InChI=1S/C11H8Cl2O4S/c1-2-3-4-18(16,17)9-6-7(12)5-8(10(9)13)11(14)15/h1,5-6H,3-4H2,(H,14,15). The summed E-state index contributed by atoms with van der Waals surface area (Å²) in [6.07, 6.45) is 5.00. The van der Waals surface area contributed by atoms with Crippen molar-refractivity contribution < 1.29 is 18.3 Å². The van der Waals surface area contributed by atoms with E-state index in [1.54, 1.807) is 0 Å². The molecule has 1 aromatic rings. The molecule has 0 fully saturated rings. The third-order valence-electron chi connectivity index (χ3n) is 2.08. The molecule has 18 heavy (non-hydrogen) atoms. The number of carbonyl (C=O) groups is 1. The quantitative estimate of drug-likeness (QED) is 0.868. The number of terminal acetylenes is 1. The van der Waals surface area contributed by atoms with E-state index in [2.05, 4.69) is 5.92 Å². The first kappa shape index (κ1) is 14.8. The molecule has 0 saturated heterocycles. The van der Waals surface area contributed by atoms with Crippen LogP contribution in [0.5, 0.6) is 0 Å². The van der Waals surface area contributed by atoms with E-state index in [-0.39, 0.29) is 32.7 Å². The normalized spacial score (nSPS) is 10.9. The molecule has 0 amide bonds. The van der Waals surface area contributed by atoms with Gasteiger partial charge in [-0.15, -0.1) is 12.3 Å². The van der Waals surface area contributed by atoms with Crippen LogP contribution in [-0.4, -0.2) is 25.2 Å². The van der Waals surface area contributed by atoms with Crippen molar-refractivity contribution in [2.24, 2.45) is 0 Å². The lowest BCUT2D eigenvalue weighted by Crippen LogP contribution is -2.09. The molecule has 0 heterocycles. The van der Waals surface area contributed by atoms with Crippen molar-refractivity contribution in [3.05, 3.63) is 27.7 Å². The van der Waals surface area contributed by atoms with Crippen LogP contribution < -0.4 is 0 Å². The van der Waals surface area contributed by atoms with Gasteiger partial charge < -0.3 is 5.11 Å². The lowest BCUT2D eigenvalue weighted by molar-refractivity contribution is 0.0697. The van der Waals surface area contributed by atoms with Gasteiger partial charge in [0.05, 0.1) is 21.2 Å². The SMILES string of the molecule is C#CCCS(=O)(=O)c1cc(Cl)cc(C(=O)O)c1Cl. The van der Waals surface area contributed by atoms with E-state index in [1.165, 1.54) is 0 Å². The lowest BCUT2D eigenvalue weighted by Gasteiger charge is -2.08. The van der Waals surface area contributed by atoms with Crippen LogP contribution in [0.25, 0.3) is 0 Å². The maximum atomic E-state index is 11.9. The maximum Gasteiger partial charge on any atom is 0.337 e. The fourth-order valence-corrected chi connectivity index (χ4v) is 3.37. The average Bonchev–Trinajstić information content (AvgIpc) is 2.28. The minimum Gasteiger partial charge on any atom is -0.478 e. The van der Waals surface area contributed by atoms with Crippen LogP contribution in [0.3, 0.4) is 0 Å². The Bertz CT molecular complexity index is 629. The summed E-state index contributed by atoms with van der Waals surface area (Å²) < 4.78 is 23.8. The number of carboxylic acids is 1. The van der Waals surface area contributed by atoms with Crippen molar-refractivity contribution in [2.75, 3.05) is 5.75 Å². The summed E-state index contributed by atoms with van der Waals surface area (Å²) in [5, 5.41) is 8.51. The van der Waals surface area contributed by atoms with Crippen LogP contribution in [0.15, 0.2) is 17.0 Å². The summed E-state index contributed by atoms with van der Waals surface area (Å²) in [7, 11) is -3.75. The Morgan fingerprint density at radius 1 is 1.39 bits per heavy atom. The fourth-order valence-electron chi connectivity index (χ4n) is 1.25. The summed E-state index contributed by atoms with van der Waals surface area (Å²) >= 11 is 11.4. The van der Waals surface area contributed by atoms with Crippen molar-refractivity contribution in [3.8, 4) is 12.3 Å². The molecule has 0 aliphatic carbocycles. The summed E-state index contributed by atoms with van der Waals surface area (Å²) in [4.78, 5) is 10.6. The second-order valence-corrected chi connectivity index (χ2v) is 6.24. The predicted molar refractivity (Wildman–Crippen MR) is 68.9 cm³/mol. The Kier molecular flexibility index (Phi) is 4.63. The largest absolute Gasteiger partial charge is 0.478 e. The fraction of sp³-hybridized carbons (Fsp3) is 0.182. The van der Waals surface area contributed by atoms with Gasteiger partial charge in [-0.2, -0.15) is 0 Å². The first-order valence-corrected chi connectivity index (χ1v) is 7.09. The van der Waals surface area contributed by atoms with Gasteiger partial charge in [0.2, 0.25) is 0 Å². The van der Waals surface area contributed by atoms with Crippen molar-refractivity contribution in [2.45, 2.75) is 11.3 Å². The second-order valence-electron chi connectivity index (χ2n) is 3.34. The van der Waals surface area contributed by atoms with Gasteiger partial charge in [0.1, 0.15) is 0 Å². The highest BCUT2D eigenvalue weighted by atomic mass is 35.5. The van der Waals surface area contributed by atoms with Crippen LogP contribution in [0.4, 0.5) is 0 Å². The Morgan fingerprint density at radius 2 is 2.00 bits per heavy atom. The average molecular weight is 307 g/mol. The minimum absolute atomic E-state index is 0.00752. The zero-order valence-corrected chi connectivity index (χ0v) is 11.3. The van der Waals surface area contributed by atoms with Crippen molar-refractivity contribution in [1.29, 1.82) is 0 Å². The van der Waals surface area contributed by atoms with E-state index in [0.717, 1.165) is 12.1 Å². The molecule has 0 aliphatic rings. The molecule has 1 rings (SSSR count). The Morgan fingerprint density at radius 3 is 2.50 bits per heavy atom. The number of hydrogen-bond donors (Lipinski definition) is 1. The van der Waals surface area contributed by atoms with Gasteiger partial charge >= 0.3 is 5.97 Å². The highest BCUT2D eigenvalue weighted by molar-refractivity contribution is 7.91. The van der Waals surface area contributed by atoms with Crippen LogP contribution in [0.2, 0.25) is 10.0 Å². The topological polar surface area (TPSA) is 71.4 Å². The smallest absolute Gasteiger partial charge is 0.337 e. The van der Waals surface area contributed by atoms with E-state index in [9.17, 15) is 13.2 Å². The Balaban J connectivity index is 3.43. The van der Waals surface area contributed by atoms with Gasteiger partial charge in [-0.25, -0.2) is 13.2 Å². The third-order valence-corrected chi connectivity index (χ3v) is 4.56. The van der Waals surface area contributed by atoms with E-state index >= 15 is 0 Å². The molecule has 4 nitrogen and oxygen atoms in total. The molecular formula is C11H8Cl2O4S.